The molecule has 4 amide bonds. The molecule has 2 aromatic carbocycles. The fraction of sp³-hybridized carbons (Fsp3) is 0.250. The van der Waals surface area contributed by atoms with E-state index in [2.05, 4.69) is 10.6 Å². The average molecular weight is 349 g/mol. The molecule has 2 heterocycles. The molecule has 0 bridgehead atoms. The van der Waals surface area contributed by atoms with Crippen molar-refractivity contribution in [3.63, 3.8) is 0 Å². The summed E-state index contributed by atoms with van der Waals surface area (Å²) >= 11 is 0. The van der Waals surface area contributed by atoms with E-state index in [4.69, 9.17) is 0 Å². The summed E-state index contributed by atoms with van der Waals surface area (Å²) < 4.78 is 0. The lowest BCUT2D eigenvalue weighted by Gasteiger charge is -2.37. The van der Waals surface area contributed by atoms with Gasteiger partial charge >= 0.3 is 6.03 Å². The maximum atomic E-state index is 12.7. The highest BCUT2D eigenvalue weighted by Gasteiger charge is 2.48. The number of benzene rings is 2. The van der Waals surface area contributed by atoms with Crippen molar-refractivity contribution in [3.05, 3.63) is 60.2 Å². The van der Waals surface area contributed by atoms with Gasteiger partial charge in [0.25, 0.3) is 11.8 Å². The van der Waals surface area contributed by atoms with Crippen molar-refractivity contribution >= 4 is 17.8 Å². The maximum Gasteiger partial charge on any atom is 0.322 e. The third-order valence-electron chi connectivity index (χ3n) is 5.16. The molecule has 0 aliphatic carbocycles. The fourth-order valence-electron chi connectivity index (χ4n) is 3.59. The zero-order valence-electron chi connectivity index (χ0n) is 14.2. The summed E-state index contributed by atoms with van der Waals surface area (Å²) in [6.45, 7) is 0.875. The highest BCUT2D eigenvalue weighted by atomic mass is 16.2. The Bertz CT molecular complexity index is 854. The molecular formula is C20H19N3O3. The summed E-state index contributed by atoms with van der Waals surface area (Å²) in [5.74, 6) is -0.342. The minimum absolute atomic E-state index is 0.0517. The van der Waals surface area contributed by atoms with E-state index < -0.39 is 11.6 Å². The number of carbonyl (C=O) groups excluding carboxylic acids is 3. The van der Waals surface area contributed by atoms with Gasteiger partial charge in [0.1, 0.15) is 5.54 Å². The molecule has 6 heteroatoms. The zero-order chi connectivity index (χ0) is 18.1. The number of carbonyl (C=O) groups is 3. The number of urea groups is 1. The number of rotatable bonds is 2. The number of imide groups is 1. The minimum Gasteiger partial charge on any atom is -0.338 e. The van der Waals surface area contributed by atoms with Gasteiger partial charge in [-0.25, -0.2) is 4.79 Å². The van der Waals surface area contributed by atoms with Gasteiger partial charge in [-0.15, -0.1) is 0 Å². The van der Waals surface area contributed by atoms with Crippen LogP contribution >= 0.6 is 0 Å². The van der Waals surface area contributed by atoms with Gasteiger partial charge in [-0.1, -0.05) is 42.5 Å². The van der Waals surface area contributed by atoms with Gasteiger partial charge in [0.05, 0.1) is 0 Å². The second-order valence-electron chi connectivity index (χ2n) is 6.73. The summed E-state index contributed by atoms with van der Waals surface area (Å²) in [6, 6.07) is 17.1. The normalized spacial score (nSPS) is 18.5. The molecule has 2 aliphatic rings. The predicted octanol–water partition coefficient (Wildman–Crippen LogP) is 2.17. The van der Waals surface area contributed by atoms with E-state index in [1.807, 2.05) is 54.6 Å². The monoisotopic (exact) mass is 349 g/mol. The summed E-state index contributed by atoms with van der Waals surface area (Å²) in [5.41, 5.74) is 1.94. The largest absolute Gasteiger partial charge is 0.338 e. The van der Waals surface area contributed by atoms with Crippen molar-refractivity contribution in [2.24, 2.45) is 0 Å². The molecule has 132 valence electrons. The molecule has 4 rings (SSSR count). The predicted molar refractivity (Wildman–Crippen MR) is 96.4 cm³/mol. The number of piperidine rings is 1. The first-order valence-electron chi connectivity index (χ1n) is 8.66. The zero-order valence-corrected chi connectivity index (χ0v) is 14.2. The molecule has 1 spiro atoms. The second kappa shape index (κ2) is 6.29. The van der Waals surface area contributed by atoms with Crippen molar-refractivity contribution in [1.29, 1.82) is 0 Å². The highest BCUT2D eigenvalue weighted by Crippen LogP contribution is 2.27. The van der Waals surface area contributed by atoms with Gasteiger partial charge in [-0.2, -0.15) is 0 Å². The summed E-state index contributed by atoms with van der Waals surface area (Å²) in [4.78, 5) is 37.8. The first kappa shape index (κ1) is 16.3. The Morgan fingerprint density at radius 1 is 0.885 bits per heavy atom. The van der Waals surface area contributed by atoms with E-state index in [-0.39, 0.29) is 11.8 Å². The Balaban J connectivity index is 1.44. The average Bonchev–Trinajstić information content (AvgIpc) is 2.95. The number of amides is 4. The summed E-state index contributed by atoms with van der Waals surface area (Å²) in [7, 11) is 0. The number of nitrogens with one attached hydrogen (secondary N) is 2. The van der Waals surface area contributed by atoms with Crippen molar-refractivity contribution in [1.82, 2.24) is 15.5 Å². The minimum atomic E-state index is -0.856. The second-order valence-corrected chi connectivity index (χ2v) is 6.73. The Morgan fingerprint density at radius 3 is 2.08 bits per heavy atom. The van der Waals surface area contributed by atoms with Crippen LogP contribution in [0.5, 0.6) is 0 Å². The van der Waals surface area contributed by atoms with Gasteiger partial charge in [-0.05, 0) is 36.1 Å². The molecule has 0 radical (unpaired) electrons. The third-order valence-corrected chi connectivity index (χ3v) is 5.16. The van der Waals surface area contributed by atoms with E-state index in [1.165, 1.54) is 0 Å². The molecule has 2 aromatic rings. The maximum absolute atomic E-state index is 12.7. The number of likely N-dealkylation sites (tertiary alicyclic amines) is 1. The van der Waals surface area contributed by atoms with Crippen molar-refractivity contribution in [3.8, 4) is 11.1 Å². The van der Waals surface area contributed by atoms with Crippen LogP contribution in [0.1, 0.15) is 23.2 Å². The first-order valence-corrected chi connectivity index (χ1v) is 8.66. The van der Waals surface area contributed by atoms with Gasteiger partial charge in [-0.3, -0.25) is 14.9 Å². The molecule has 6 nitrogen and oxygen atoms in total. The van der Waals surface area contributed by atoms with Crippen LogP contribution in [0.2, 0.25) is 0 Å². The van der Waals surface area contributed by atoms with E-state index in [9.17, 15) is 14.4 Å². The van der Waals surface area contributed by atoms with E-state index in [0.29, 0.717) is 31.5 Å². The van der Waals surface area contributed by atoms with Crippen LogP contribution in [0.3, 0.4) is 0 Å². The summed E-state index contributed by atoms with van der Waals surface area (Å²) in [6.07, 6.45) is 0.858. The quantitative estimate of drug-likeness (QED) is 0.816. The molecule has 2 fully saturated rings. The van der Waals surface area contributed by atoms with Crippen LogP contribution in [0, 0.1) is 0 Å². The SMILES string of the molecule is O=C1NC(=O)C2(CCN(C(=O)c3ccc(-c4ccccc4)cc3)CC2)N1. The lowest BCUT2D eigenvalue weighted by Crippen LogP contribution is -2.55. The number of hydrogen-bond acceptors (Lipinski definition) is 3. The van der Waals surface area contributed by atoms with E-state index in [0.717, 1.165) is 11.1 Å². The standard InChI is InChI=1S/C20H19N3O3/c24-17(16-8-6-15(7-9-16)14-4-2-1-3-5-14)23-12-10-20(11-13-23)18(25)21-19(26)22-20/h1-9H,10-13H2,(H2,21,22,25,26). The molecular weight excluding hydrogens is 330 g/mol. The Labute approximate surface area is 151 Å². The molecule has 0 unspecified atom stereocenters. The Kier molecular flexibility index (Phi) is 3.95. The van der Waals surface area contributed by atoms with Gasteiger partial charge in [0.15, 0.2) is 0 Å². The highest BCUT2D eigenvalue weighted by molar-refractivity contribution is 6.07. The Hall–Kier alpha value is -3.15. The van der Waals surface area contributed by atoms with Crippen LogP contribution in [-0.4, -0.2) is 41.4 Å². The van der Waals surface area contributed by atoms with Crippen LogP contribution in [0.25, 0.3) is 11.1 Å². The topological polar surface area (TPSA) is 78.5 Å². The molecule has 2 saturated heterocycles. The molecule has 0 saturated carbocycles. The van der Waals surface area contributed by atoms with E-state index >= 15 is 0 Å². The van der Waals surface area contributed by atoms with Crippen LogP contribution in [-0.2, 0) is 4.79 Å². The van der Waals surface area contributed by atoms with Crippen LogP contribution < -0.4 is 10.6 Å². The van der Waals surface area contributed by atoms with Crippen molar-refractivity contribution in [2.75, 3.05) is 13.1 Å². The van der Waals surface area contributed by atoms with Gasteiger partial charge in [0, 0.05) is 18.7 Å². The van der Waals surface area contributed by atoms with Crippen molar-refractivity contribution in [2.45, 2.75) is 18.4 Å². The lowest BCUT2D eigenvalue weighted by molar-refractivity contribution is -0.125. The molecule has 26 heavy (non-hydrogen) atoms. The number of hydrogen-bond donors (Lipinski definition) is 2. The third kappa shape index (κ3) is 2.83. The smallest absolute Gasteiger partial charge is 0.322 e. The van der Waals surface area contributed by atoms with Crippen molar-refractivity contribution < 1.29 is 14.4 Å². The van der Waals surface area contributed by atoms with Crippen LogP contribution in [0.4, 0.5) is 4.79 Å². The van der Waals surface area contributed by atoms with Crippen LogP contribution in [0.15, 0.2) is 54.6 Å². The lowest BCUT2D eigenvalue weighted by atomic mass is 9.87. The number of nitrogens with zero attached hydrogens (tertiary/aromatic N) is 1. The molecule has 2 N–H and O–H groups in total. The fourth-order valence-corrected chi connectivity index (χ4v) is 3.59. The first-order chi connectivity index (χ1) is 12.6. The summed E-state index contributed by atoms with van der Waals surface area (Å²) in [5, 5.41) is 4.99. The van der Waals surface area contributed by atoms with Gasteiger partial charge in [0.2, 0.25) is 0 Å². The molecule has 0 atom stereocenters. The van der Waals surface area contributed by atoms with Gasteiger partial charge < -0.3 is 10.2 Å². The Morgan fingerprint density at radius 2 is 1.50 bits per heavy atom. The van der Waals surface area contributed by atoms with E-state index in [1.54, 1.807) is 4.90 Å². The molecule has 2 aliphatic heterocycles. The molecule has 0 aromatic heterocycles.